The highest BCUT2D eigenvalue weighted by atomic mass is 32.1. The molecule has 1 fully saturated rings. The topological polar surface area (TPSA) is 69.6 Å². The van der Waals surface area contributed by atoms with Crippen molar-refractivity contribution in [1.29, 1.82) is 0 Å². The maximum absolute atomic E-state index is 12.2. The number of likely N-dealkylation sites (tertiary alicyclic amines) is 1. The molecule has 20 heavy (non-hydrogen) atoms. The lowest BCUT2D eigenvalue weighted by molar-refractivity contribution is -0.142. The molecule has 0 aromatic carbocycles. The molecule has 1 saturated heterocycles. The maximum atomic E-state index is 12.2. The molecule has 0 bridgehead atoms. The van der Waals surface area contributed by atoms with Crippen molar-refractivity contribution < 1.29 is 14.7 Å². The van der Waals surface area contributed by atoms with E-state index in [9.17, 15) is 14.7 Å². The summed E-state index contributed by atoms with van der Waals surface area (Å²) in [5.74, 6) is -0.908. The SMILES string of the molecule is Cc1ccsc1CNC(=O)N1CCCCCC1C(=O)O. The van der Waals surface area contributed by atoms with E-state index in [1.54, 1.807) is 11.3 Å². The number of nitrogens with one attached hydrogen (secondary N) is 1. The van der Waals surface area contributed by atoms with Crippen molar-refractivity contribution in [3.63, 3.8) is 0 Å². The molecular weight excluding hydrogens is 276 g/mol. The van der Waals surface area contributed by atoms with Crippen molar-refractivity contribution in [3.8, 4) is 0 Å². The van der Waals surface area contributed by atoms with Gasteiger partial charge in [-0.05, 0) is 36.8 Å². The van der Waals surface area contributed by atoms with Gasteiger partial charge in [0.2, 0.25) is 0 Å². The van der Waals surface area contributed by atoms with Crippen molar-refractivity contribution in [2.75, 3.05) is 6.54 Å². The quantitative estimate of drug-likeness (QED) is 0.900. The minimum Gasteiger partial charge on any atom is -0.480 e. The Labute approximate surface area is 122 Å². The fourth-order valence-corrected chi connectivity index (χ4v) is 3.30. The summed E-state index contributed by atoms with van der Waals surface area (Å²) < 4.78 is 0. The molecule has 2 N–H and O–H groups in total. The van der Waals surface area contributed by atoms with Crippen LogP contribution in [0.15, 0.2) is 11.4 Å². The molecule has 1 aliphatic heterocycles. The van der Waals surface area contributed by atoms with Crippen LogP contribution in [0.3, 0.4) is 0 Å². The molecule has 0 saturated carbocycles. The van der Waals surface area contributed by atoms with Crippen LogP contribution < -0.4 is 5.32 Å². The highest BCUT2D eigenvalue weighted by molar-refractivity contribution is 7.10. The molecule has 110 valence electrons. The second kappa shape index (κ2) is 6.74. The summed E-state index contributed by atoms with van der Waals surface area (Å²) in [6.45, 7) is 2.99. The summed E-state index contributed by atoms with van der Waals surface area (Å²) in [5, 5.41) is 14.1. The van der Waals surface area contributed by atoms with E-state index in [0.717, 1.165) is 29.7 Å². The molecule has 0 spiro atoms. The first-order valence-electron chi connectivity index (χ1n) is 6.90. The molecule has 2 amide bonds. The Morgan fingerprint density at radius 2 is 2.25 bits per heavy atom. The zero-order valence-electron chi connectivity index (χ0n) is 11.6. The zero-order chi connectivity index (χ0) is 14.5. The molecule has 2 rings (SSSR count). The number of urea groups is 1. The van der Waals surface area contributed by atoms with Gasteiger partial charge in [-0.3, -0.25) is 0 Å². The minimum atomic E-state index is -0.908. The summed E-state index contributed by atoms with van der Waals surface area (Å²) in [6, 6.07) is 1.05. The third kappa shape index (κ3) is 3.50. The number of aryl methyl sites for hydroxylation is 1. The van der Waals surface area contributed by atoms with Crippen molar-refractivity contribution >= 4 is 23.3 Å². The lowest BCUT2D eigenvalue weighted by Crippen LogP contribution is -2.49. The van der Waals surface area contributed by atoms with Crippen molar-refractivity contribution in [3.05, 3.63) is 21.9 Å². The molecule has 2 heterocycles. The number of carbonyl (C=O) groups excluding carboxylic acids is 1. The van der Waals surface area contributed by atoms with Gasteiger partial charge < -0.3 is 15.3 Å². The summed E-state index contributed by atoms with van der Waals surface area (Å²) >= 11 is 1.60. The summed E-state index contributed by atoms with van der Waals surface area (Å²) in [5.41, 5.74) is 1.15. The van der Waals surface area contributed by atoms with Crippen molar-refractivity contribution in [1.82, 2.24) is 10.2 Å². The molecule has 1 unspecified atom stereocenters. The van der Waals surface area contributed by atoms with Gasteiger partial charge in [0.25, 0.3) is 0 Å². The zero-order valence-corrected chi connectivity index (χ0v) is 12.4. The largest absolute Gasteiger partial charge is 0.480 e. The Bertz CT molecular complexity index is 487. The number of carboxylic acids is 1. The predicted octanol–water partition coefficient (Wildman–Crippen LogP) is 2.60. The van der Waals surface area contributed by atoms with Gasteiger partial charge in [0, 0.05) is 11.4 Å². The van der Waals surface area contributed by atoms with Crippen LogP contribution in [0.4, 0.5) is 4.79 Å². The minimum absolute atomic E-state index is 0.271. The third-order valence-electron chi connectivity index (χ3n) is 3.67. The van der Waals surface area contributed by atoms with E-state index in [1.807, 2.05) is 18.4 Å². The van der Waals surface area contributed by atoms with E-state index < -0.39 is 12.0 Å². The average molecular weight is 296 g/mol. The van der Waals surface area contributed by atoms with Crippen LogP contribution in [-0.2, 0) is 11.3 Å². The van der Waals surface area contributed by atoms with Gasteiger partial charge in [-0.2, -0.15) is 0 Å². The van der Waals surface area contributed by atoms with Crippen LogP contribution in [0.5, 0.6) is 0 Å². The molecular formula is C14H20N2O3S. The molecule has 5 nitrogen and oxygen atoms in total. The van der Waals surface area contributed by atoms with Crippen LogP contribution in [-0.4, -0.2) is 34.6 Å². The van der Waals surface area contributed by atoms with Crippen molar-refractivity contribution in [2.24, 2.45) is 0 Å². The van der Waals surface area contributed by atoms with E-state index in [2.05, 4.69) is 5.32 Å². The highest BCUT2D eigenvalue weighted by Crippen LogP contribution is 2.18. The summed E-state index contributed by atoms with van der Waals surface area (Å²) in [6.07, 6.45) is 3.26. The molecule has 0 aliphatic carbocycles. The van der Waals surface area contributed by atoms with Crippen molar-refractivity contribution in [2.45, 2.75) is 45.2 Å². The van der Waals surface area contributed by atoms with Gasteiger partial charge >= 0.3 is 12.0 Å². The highest BCUT2D eigenvalue weighted by Gasteiger charge is 2.30. The Morgan fingerprint density at radius 3 is 2.90 bits per heavy atom. The van der Waals surface area contributed by atoms with Crippen LogP contribution in [0, 0.1) is 6.92 Å². The van der Waals surface area contributed by atoms with Crippen LogP contribution in [0.25, 0.3) is 0 Å². The summed E-state index contributed by atoms with van der Waals surface area (Å²) in [7, 11) is 0. The molecule has 1 aliphatic rings. The molecule has 6 heteroatoms. The van der Waals surface area contributed by atoms with E-state index in [4.69, 9.17) is 0 Å². The fourth-order valence-electron chi connectivity index (χ4n) is 2.45. The normalized spacial score (nSPS) is 19.4. The fraction of sp³-hybridized carbons (Fsp3) is 0.571. The van der Waals surface area contributed by atoms with Crippen LogP contribution in [0.1, 0.15) is 36.1 Å². The van der Waals surface area contributed by atoms with Gasteiger partial charge in [-0.15, -0.1) is 11.3 Å². The Balaban J connectivity index is 1.98. The lowest BCUT2D eigenvalue weighted by atomic mass is 10.1. The lowest BCUT2D eigenvalue weighted by Gasteiger charge is -2.27. The van der Waals surface area contributed by atoms with Crippen LogP contribution >= 0.6 is 11.3 Å². The smallest absolute Gasteiger partial charge is 0.326 e. The molecule has 1 aromatic heterocycles. The van der Waals surface area contributed by atoms with Gasteiger partial charge in [0.05, 0.1) is 6.54 Å². The first kappa shape index (κ1) is 14.8. The molecule has 1 aromatic rings. The summed E-state index contributed by atoms with van der Waals surface area (Å²) in [4.78, 5) is 26.1. The first-order chi connectivity index (χ1) is 9.59. The third-order valence-corrected chi connectivity index (χ3v) is 4.69. The number of aliphatic carboxylic acids is 1. The Kier molecular flexibility index (Phi) is 5.00. The number of carboxylic acid groups (broad SMARTS) is 1. The molecule has 1 atom stereocenters. The number of nitrogens with zero attached hydrogens (tertiary/aromatic N) is 1. The van der Waals surface area contributed by atoms with E-state index in [-0.39, 0.29) is 6.03 Å². The van der Waals surface area contributed by atoms with Gasteiger partial charge in [-0.25, -0.2) is 9.59 Å². The number of hydrogen-bond acceptors (Lipinski definition) is 3. The average Bonchev–Trinajstić information content (AvgIpc) is 2.67. The number of amides is 2. The van der Waals surface area contributed by atoms with Gasteiger partial charge in [0.1, 0.15) is 6.04 Å². The molecule has 0 radical (unpaired) electrons. The predicted molar refractivity (Wildman–Crippen MR) is 77.9 cm³/mol. The van der Waals surface area contributed by atoms with E-state index >= 15 is 0 Å². The van der Waals surface area contributed by atoms with Gasteiger partial charge in [0.15, 0.2) is 0 Å². The maximum Gasteiger partial charge on any atom is 0.326 e. The second-order valence-corrected chi connectivity index (χ2v) is 6.08. The van der Waals surface area contributed by atoms with E-state index in [0.29, 0.717) is 19.5 Å². The first-order valence-corrected chi connectivity index (χ1v) is 7.78. The number of hydrogen-bond donors (Lipinski definition) is 2. The number of thiophene rings is 1. The standard InChI is InChI=1S/C14H20N2O3S/c1-10-6-8-20-12(10)9-15-14(19)16-7-4-2-3-5-11(16)13(17)18/h6,8,11H,2-5,7,9H2,1H3,(H,15,19)(H,17,18). The second-order valence-electron chi connectivity index (χ2n) is 5.08. The monoisotopic (exact) mass is 296 g/mol. The number of rotatable bonds is 3. The Hall–Kier alpha value is -1.56. The van der Waals surface area contributed by atoms with Crippen LogP contribution in [0.2, 0.25) is 0 Å². The Morgan fingerprint density at radius 1 is 1.45 bits per heavy atom. The number of carbonyl (C=O) groups is 2. The van der Waals surface area contributed by atoms with Gasteiger partial charge in [-0.1, -0.05) is 12.8 Å². The van der Waals surface area contributed by atoms with E-state index in [1.165, 1.54) is 4.90 Å².